The molecule has 0 bridgehead atoms. The molecule has 40 heavy (non-hydrogen) atoms. The molecule has 2 aliphatic rings. The van der Waals surface area contributed by atoms with Gasteiger partial charge in [-0.1, -0.05) is 64.8 Å². The smallest absolute Gasteiger partial charge is 0.338 e. The lowest BCUT2D eigenvalue weighted by Crippen LogP contribution is -2.45. The number of rotatable bonds is 15. The summed E-state index contributed by atoms with van der Waals surface area (Å²) in [6.07, 6.45) is 8.94. The van der Waals surface area contributed by atoms with Gasteiger partial charge in [0.25, 0.3) is 0 Å². The van der Waals surface area contributed by atoms with Crippen molar-refractivity contribution >= 4 is 5.97 Å². The average Bonchev–Trinajstić information content (AvgIpc) is 2.93. The van der Waals surface area contributed by atoms with Gasteiger partial charge in [0, 0.05) is 12.0 Å². The minimum atomic E-state index is -0.207. The third-order valence-corrected chi connectivity index (χ3v) is 8.95. The van der Waals surface area contributed by atoms with Crippen LogP contribution < -0.4 is 4.74 Å². The number of benzene rings is 2. The molecule has 4 rings (SSSR count). The maximum Gasteiger partial charge on any atom is 0.338 e. The predicted molar refractivity (Wildman–Crippen MR) is 161 cm³/mol. The van der Waals surface area contributed by atoms with Crippen LogP contribution in [-0.4, -0.2) is 45.1 Å². The van der Waals surface area contributed by atoms with E-state index in [9.17, 15) is 4.79 Å². The van der Waals surface area contributed by atoms with Gasteiger partial charge in [0.1, 0.15) is 11.9 Å². The van der Waals surface area contributed by atoms with Crippen LogP contribution in [0.1, 0.15) is 89.4 Å². The Kier molecular flexibility index (Phi) is 11.5. The summed E-state index contributed by atoms with van der Waals surface area (Å²) in [7, 11) is 0. The Hall–Kier alpha value is -2.37. The summed E-state index contributed by atoms with van der Waals surface area (Å²) in [5, 5.41) is 0. The Morgan fingerprint density at radius 1 is 0.925 bits per heavy atom. The highest BCUT2D eigenvalue weighted by atomic mass is 16.5. The maximum atomic E-state index is 12.9. The summed E-state index contributed by atoms with van der Waals surface area (Å²) in [5.74, 6) is 2.27. The Balaban J connectivity index is 1.14. The lowest BCUT2D eigenvalue weighted by atomic mass is 9.75. The molecular weight excluding hydrogens is 500 g/mol. The Bertz CT molecular complexity index is 1020. The van der Waals surface area contributed by atoms with E-state index in [1.54, 1.807) is 0 Å². The van der Waals surface area contributed by atoms with Gasteiger partial charge in [0.15, 0.2) is 0 Å². The van der Waals surface area contributed by atoms with Crippen LogP contribution >= 0.6 is 0 Å². The monoisotopic (exact) mass is 550 g/mol. The van der Waals surface area contributed by atoms with Gasteiger partial charge in [-0.25, -0.2) is 4.79 Å². The van der Waals surface area contributed by atoms with Crippen molar-refractivity contribution in [2.45, 2.75) is 85.2 Å². The highest BCUT2D eigenvalue weighted by Crippen LogP contribution is 2.36. The van der Waals surface area contributed by atoms with Crippen LogP contribution in [0, 0.1) is 23.2 Å². The van der Waals surface area contributed by atoms with Crippen LogP contribution in [0.2, 0.25) is 0 Å². The van der Waals surface area contributed by atoms with Crippen molar-refractivity contribution in [2.75, 3.05) is 33.0 Å². The molecule has 1 aliphatic heterocycles. The van der Waals surface area contributed by atoms with Crippen molar-refractivity contribution in [3.63, 3.8) is 0 Å². The molecule has 1 heterocycles. The zero-order chi connectivity index (χ0) is 28.4. The number of carbonyl (C=O) groups excluding carboxylic acids is 1. The average molecular weight is 551 g/mol. The molecule has 0 radical (unpaired) electrons. The molecule has 3 unspecified atom stereocenters. The van der Waals surface area contributed by atoms with Crippen LogP contribution in [0.3, 0.4) is 0 Å². The second-order valence-corrected chi connectivity index (χ2v) is 12.5. The van der Waals surface area contributed by atoms with E-state index in [1.165, 1.54) is 12.8 Å². The summed E-state index contributed by atoms with van der Waals surface area (Å²) < 4.78 is 23.2. The standard InChI is InChI=1S/C35H50O5/c1-5-35(24-38-25-35)23-37-20-8-6-7-9-21-39-31-17-15-29(16-18-31)28-11-13-30(14-12-28)34(36)40-33-22-27(4)10-19-32(33)26(2)3/h11-18,26-27,32-33H,5-10,19-25H2,1-4H3. The first-order valence-corrected chi connectivity index (χ1v) is 15.6. The zero-order valence-corrected chi connectivity index (χ0v) is 25.2. The molecule has 3 atom stereocenters. The fourth-order valence-electron chi connectivity index (χ4n) is 5.92. The Labute approximate surface area is 241 Å². The normalized spacial score (nSPS) is 22.1. The first-order valence-electron chi connectivity index (χ1n) is 15.6. The van der Waals surface area contributed by atoms with E-state index >= 15 is 0 Å². The number of hydrogen-bond donors (Lipinski definition) is 0. The van der Waals surface area contributed by atoms with Crippen molar-refractivity contribution in [3.05, 3.63) is 54.1 Å². The van der Waals surface area contributed by atoms with Crippen molar-refractivity contribution in [3.8, 4) is 16.9 Å². The lowest BCUT2D eigenvalue weighted by Gasteiger charge is -2.40. The summed E-state index contributed by atoms with van der Waals surface area (Å²) >= 11 is 0. The first kappa shape index (κ1) is 30.6. The summed E-state index contributed by atoms with van der Waals surface area (Å²) in [5.41, 5.74) is 3.08. The van der Waals surface area contributed by atoms with Gasteiger partial charge in [-0.2, -0.15) is 0 Å². The van der Waals surface area contributed by atoms with Crippen molar-refractivity contribution in [1.29, 1.82) is 0 Å². The molecular formula is C35H50O5. The zero-order valence-electron chi connectivity index (χ0n) is 25.2. The van der Waals surface area contributed by atoms with Crippen molar-refractivity contribution in [2.24, 2.45) is 23.2 Å². The van der Waals surface area contributed by atoms with E-state index in [4.69, 9.17) is 18.9 Å². The van der Waals surface area contributed by atoms with Gasteiger partial charge in [-0.15, -0.1) is 0 Å². The number of hydrogen-bond acceptors (Lipinski definition) is 5. The van der Waals surface area contributed by atoms with Gasteiger partial charge < -0.3 is 18.9 Å². The third kappa shape index (κ3) is 8.57. The molecule has 1 saturated carbocycles. The van der Waals surface area contributed by atoms with Gasteiger partial charge in [0.05, 0.1) is 32.0 Å². The number of carbonyl (C=O) groups is 1. The molecule has 5 heteroatoms. The van der Waals surface area contributed by atoms with E-state index < -0.39 is 0 Å². The van der Waals surface area contributed by atoms with Gasteiger partial charge in [0.2, 0.25) is 0 Å². The summed E-state index contributed by atoms with van der Waals surface area (Å²) in [4.78, 5) is 12.9. The first-order chi connectivity index (χ1) is 19.4. The highest BCUT2D eigenvalue weighted by Gasteiger charge is 2.37. The number of esters is 1. The van der Waals surface area contributed by atoms with E-state index in [1.807, 2.05) is 36.4 Å². The maximum absolute atomic E-state index is 12.9. The summed E-state index contributed by atoms with van der Waals surface area (Å²) in [6, 6.07) is 16.0. The fourth-order valence-corrected chi connectivity index (χ4v) is 5.92. The molecule has 2 fully saturated rings. The van der Waals surface area contributed by atoms with E-state index in [0.717, 1.165) is 88.4 Å². The SMILES string of the molecule is CCC1(COCCCCCCOc2ccc(-c3ccc(C(=O)OC4CC(C)CCC4C(C)C)cc3)cc2)COC1. The number of unbranched alkanes of at least 4 members (excludes halogenated alkanes) is 3. The van der Waals surface area contributed by atoms with Crippen LogP contribution in [0.15, 0.2) is 48.5 Å². The van der Waals surface area contributed by atoms with Crippen LogP contribution in [0.25, 0.3) is 11.1 Å². The molecule has 2 aromatic carbocycles. The van der Waals surface area contributed by atoms with E-state index in [0.29, 0.717) is 23.3 Å². The molecule has 0 spiro atoms. The molecule has 0 N–H and O–H groups in total. The van der Waals surface area contributed by atoms with E-state index in [2.05, 4.69) is 39.8 Å². The molecule has 1 aliphatic carbocycles. The number of ether oxygens (including phenoxy) is 4. The minimum Gasteiger partial charge on any atom is -0.494 e. The molecule has 2 aromatic rings. The second kappa shape index (κ2) is 15.0. The fraction of sp³-hybridized carbons (Fsp3) is 0.629. The Morgan fingerprint density at radius 3 is 2.17 bits per heavy atom. The van der Waals surface area contributed by atoms with E-state index in [-0.39, 0.29) is 17.5 Å². The quantitative estimate of drug-likeness (QED) is 0.165. The van der Waals surface area contributed by atoms with Crippen LogP contribution in [0.4, 0.5) is 0 Å². The molecule has 220 valence electrons. The third-order valence-electron chi connectivity index (χ3n) is 8.95. The Morgan fingerprint density at radius 2 is 1.57 bits per heavy atom. The summed E-state index contributed by atoms with van der Waals surface area (Å²) in [6.45, 7) is 13.0. The molecule has 0 amide bonds. The molecule has 1 saturated heterocycles. The second-order valence-electron chi connectivity index (χ2n) is 12.5. The minimum absolute atomic E-state index is 0.0171. The predicted octanol–water partition coefficient (Wildman–Crippen LogP) is 8.35. The van der Waals surface area contributed by atoms with Crippen LogP contribution in [0.5, 0.6) is 5.75 Å². The van der Waals surface area contributed by atoms with Crippen molar-refractivity contribution < 1.29 is 23.7 Å². The van der Waals surface area contributed by atoms with Gasteiger partial charge in [-0.3, -0.25) is 0 Å². The van der Waals surface area contributed by atoms with Gasteiger partial charge in [-0.05, 0) is 91.7 Å². The van der Waals surface area contributed by atoms with Crippen LogP contribution in [-0.2, 0) is 14.2 Å². The molecule has 5 nitrogen and oxygen atoms in total. The van der Waals surface area contributed by atoms with Crippen molar-refractivity contribution in [1.82, 2.24) is 0 Å². The lowest BCUT2D eigenvalue weighted by molar-refractivity contribution is -0.150. The largest absolute Gasteiger partial charge is 0.494 e. The topological polar surface area (TPSA) is 54.0 Å². The highest BCUT2D eigenvalue weighted by molar-refractivity contribution is 5.90. The molecule has 0 aromatic heterocycles. The van der Waals surface area contributed by atoms with Gasteiger partial charge >= 0.3 is 5.97 Å².